The molecule has 0 unspecified atom stereocenters. The average molecular weight is 487 g/mol. The first-order valence-electron chi connectivity index (χ1n) is 8.33. The summed E-state index contributed by atoms with van der Waals surface area (Å²) in [5.41, 5.74) is 6.06. The number of halogens is 4. The van der Waals surface area contributed by atoms with Crippen LogP contribution in [0.5, 0.6) is 5.75 Å². The molecule has 9 heteroatoms. The zero-order valence-corrected chi connectivity index (χ0v) is 17.0. The van der Waals surface area contributed by atoms with Crippen LogP contribution in [0.1, 0.15) is 32.6 Å². The number of nitrogens with two attached hydrogens (primary N) is 1. The van der Waals surface area contributed by atoms with E-state index in [0.717, 1.165) is 25.7 Å². The summed E-state index contributed by atoms with van der Waals surface area (Å²) in [5.74, 6) is -0.274. The lowest BCUT2D eigenvalue weighted by molar-refractivity contribution is -0.274. The van der Waals surface area contributed by atoms with Crippen LogP contribution in [-0.4, -0.2) is 32.1 Å². The minimum Gasteiger partial charge on any atom is -0.404 e. The predicted molar refractivity (Wildman–Crippen MR) is 106 cm³/mol. The minimum absolute atomic E-state index is 0. The van der Waals surface area contributed by atoms with Gasteiger partial charge in [-0.25, -0.2) is 0 Å². The van der Waals surface area contributed by atoms with Crippen LogP contribution in [0.2, 0.25) is 0 Å². The zero-order chi connectivity index (χ0) is 18.3. The molecule has 2 rings (SSSR count). The van der Waals surface area contributed by atoms with Crippen LogP contribution in [-0.2, 0) is 4.74 Å². The summed E-state index contributed by atoms with van der Waals surface area (Å²) < 4.78 is 46.7. The molecule has 0 spiro atoms. The Balaban J connectivity index is 0.00000338. The predicted octanol–water partition coefficient (Wildman–Crippen LogP) is 4.53. The maximum atomic E-state index is 12.4. The van der Waals surface area contributed by atoms with Crippen molar-refractivity contribution in [1.82, 2.24) is 0 Å². The number of ether oxygens (including phenoxy) is 2. The smallest absolute Gasteiger partial charge is 0.404 e. The lowest BCUT2D eigenvalue weighted by atomic mass is 9.67. The van der Waals surface area contributed by atoms with Crippen molar-refractivity contribution in [2.24, 2.45) is 16.1 Å². The minimum atomic E-state index is -4.76. The van der Waals surface area contributed by atoms with E-state index in [-0.39, 0.29) is 46.8 Å². The third-order valence-electron chi connectivity index (χ3n) is 4.36. The van der Waals surface area contributed by atoms with Crippen molar-refractivity contribution in [2.75, 3.05) is 25.1 Å². The second-order valence-electron chi connectivity index (χ2n) is 6.17. The van der Waals surface area contributed by atoms with Gasteiger partial charge in [-0.05, 0) is 43.7 Å². The number of rotatable bonds is 8. The molecule has 0 aromatic heterocycles. The molecule has 1 saturated carbocycles. The molecule has 1 aliphatic carbocycles. The Morgan fingerprint density at radius 3 is 2.58 bits per heavy atom. The van der Waals surface area contributed by atoms with E-state index >= 15 is 0 Å². The Morgan fingerprint density at radius 1 is 1.31 bits per heavy atom. The van der Waals surface area contributed by atoms with Crippen LogP contribution in [0.15, 0.2) is 29.3 Å². The lowest BCUT2D eigenvalue weighted by Gasteiger charge is -2.40. The molecule has 1 aromatic carbocycles. The van der Waals surface area contributed by atoms with E-state index in [0.29, 0.717) is 19.8 Å². The van der Waals surface area contributed by atoms with Gasteiger partial charge in [0.05, 0.1) is 5.69 Å². The van der Waals surface area contributed by atoms with Crippen molar-refractivity contribution < 1.29 is 22.6 Å². The first kappa shape index (κ1) is 22.8. The first-order chi connectivity index (χ1) is 11.8. The summed E-state index contributed by atoms with van der Waals surface area (Å²) in [5, 5.41) is 2.69. The second-order valence-corrected chi connectivity index (χ2v) is 6.17. The van der Waals surface area contributed by atoms with Gasteiger partial charge in [-0.1, -0.05) is 18.6 Å². The largest absolute Gasteiger partial charge is 0.573 e. The molecule has 1 aliphatic rings. The molecule has 0 saturated heterocycles. The third kappa shape index (κ3) is 7.18. The number of hydrogen-bond donors (Lipinski definition) is 2. The van der Waals surface area contributed by atoms with Gasteiger partial charge in [0.2, 0.25) is 0 Å². The molecule has 0 bridgehead atoms. The first-order valence-corrected chi connectivity index (χ1v) is 8.33. The second kappa shape index (κ2) is 10.2. The van der Waals surface area contributed by atoms with Gasteiger partial charge >= 0.3 is 6.36 Å². The molecule has 0 amide bonds. The highest BCUT2D eigenvalue weighted by Gasteiger charge is 2.36. The van der Waals surface area contributed by atoms with E-state index in [4.69, 9.17) is 10.5 Å². The average Bonchev–Trinajstić information content (AvgIpc) is 2.50. The van der Waals surface area contributed by atoms with E-state index in [1.807, 2.05) is 6.92 Å². The monoisotopic (exact) mass is 487 g/mol. The Morgan fingerprint density at radius 2 is 2.00 bits per heavy atom. The maximum absolute atomic E-state index is 12.4. The molecule has 26 heavy (non-hydrogen) atoms. The Kier molecular flexibility index (Phi) is 8.94. The van der Waals surface area contributed by atoms with Crippen LogP contribution in [0.25, 0.3) is 0 Å². The molecule has 0 atom stereocenters. The fourth-order valence-corrected chi connectivity index (χ4v) is 2.81. The molecular formula is C17H25F3IN3O2. The highest BCUT2D eigenvalue weighted by atomic mass is 127. The topological polar surface area (TPSA) is 68.9 Å². The van der Waals surface area contributed by atoms with Gasteiger partial charge in [0.15, 0.2) is 11.7 Å². The molecule has 1 fully saturated rings. The number of nitrogens with one attached hydrogen (secondary N) is 1. The van der Waals surface area contributed by atoms with Crippen molar-refractivity contribution in [3.05, 3.63) is 24.3 Å². The van der Waals surface area contributed by atoms with Gasteiger partial charge in [0.1, 0.15) is 0 Å². The molecule has 0 aliphatic heterocycles. The molecule has 0 heterocycles. The summed E-state index contributed by atoms with van der Waals surface area (Å²) in [6, 6.07) is 5.72. The number of guanidine groups is 1. The van der Waals surface area contributed by atoms with Gasteiger partial charge in [-0.3, -0.25) is 4.99 Å². The van der Waals surface area contributed by atoms with Crippen molar-refractivity contribution in [3.63, 3.8) is 0 Å². The summed E-state index contributed by atoms with van der Waals surface area (Å²) >= 11 is 0. The highest BCUT2D eigenvalue weighted by molar-refractivity contribution is 14.0. The number of hydrogen-bond acceptors (Lipinski definition) is 3. The summed E-state index contributed by atoms with van der Waals surface area (Å²) in [4.78, 5) is 4.32. The van der Waals surface area contributed by atoms with Crippen molar-refractivity contribution in [3.8, 4) is 5.75 Å². The third-order valence-corrected chi connectivity index (χ3v) is 4.36. The Hall–Kier alpha value is -1.23. The van der Waals surface area contributed by atoms with Crippen molar-refractivity contribution in [1.29, 1.82) is 0 Å². The van der Waals surface area contributed by atoms with Gasteiger partial charge in [0, 0.05) is 19.8 Å². The number of para-hydroxylation sites is 2. The van der Waals surface area contributed by atoms with Gasteiger partial charge in [-0.2, -0.15) is 0 Å². The number of anilines is 1. The highest BCUT2D eigenvalue weighted by Crippen LogP contribution is 2.44. The van der Waals surface area contributed by atoms with Crippen LogP contribution in [0.3, 0.4) is 0 Å². The Labute approximate surface area is 168 Å². The van der Waals surface area contributed by atoms with Crippen molar-refractivity contribution in [2.45, 2.75) is 39.0 Å². The lowest BCUT2D eigenvalue weighted by Crippen LogP contribution is -2.35. The van der Waals surface area contributed by atoms with Gasteiger partial charge < -0.3 is 20.5 Å². The van der Waals surface area contributed by atoms with Crippen LogP contribution in [0, 0.1) is 5.41 Å². The molecular weight excluding hydrogens is 462 g/mol. The van der Waals surface area contributed by atoms with Crippen LogP contribution >= 0.6 is 24.0 Å². The van der Waals surface area contributed by atoms with Crippen LogP contribution in [0.4, 0.5) is 18.9 Å². The SMILES string of the molecule is CCOCCC1(CN=C(N)Nc2ccccc2OC(F)(F)F)CCC1.I. The molecule has 3 N–H and O–H groups in total. The van der Waals surface area contributed by atoms with E-state index in [1.165, 1.54) is 18.2 Å². The van der Waals surface area contributed by atoms with Crippen molar-refractivity contribution >= 4 is 35.6 Å². The fourth-order valence-electron chi connectivity index (χ4n) is 2.81. The zero-order valence-electron chi connectivity index (χ0n) is 14.6. The summed E-state index contributed by atoms with van der Waals surface area (Å²) in [6.45, 7) is 3.84. The maximum Gasteiger partial charge on any atom is 0.573 e. The quantitative estimate of drug-likeness (QED) is 0.245. The van der Waals surface area contributed by atoms with E-state index in [1.54, 1.807) is 6.07 Å². The van der Waals surface area contributed by atoms with E-state index in [9.17, 15) is 13.2 Å². The summed E-state index contributed by atoms with van der Waals surface area (Å²) in [7, 11) is 0. The molecule has 5 nitrogen and oxygen atoms in total. The number of nitrogens with zero attached hydrogens (tertiary/aromatic N) is 1. The fraction of sp³-hybridized carbons (Fsp3) is 0.588. The number of alkyl halides is 3. The molecule has 0 radical (unpaired) electrons. The van der Waals surface area contributed by atoms with Crippen LogP contribution < -0.4 is 15.8 Å². The normalized spacial score (nSPS) is 16.4. The van der Waals surface area contributed by atoms with E-state index in [2.05, 4.69) is 15.0 Å². The summed E-state index contributed by atoms with van der Waals surface area (Å²) in [6.07, 6.45) is -0.586. The number of benzene rings is 1. The molecule has 148 valence electrons. The van der Waals surface area contributed by atoms with Gasteiger partial charge in [0.25, 0.3) is 0 Å². The van der Waals surface area contributed by atoms with Gasteiger partial charge in [-0.15, -0.1) is 37.1 Å². The number of aliphatic imine (C=N–C) groups is 1. The Bertz CT molecular complexity index is 593. The van der Waals surface area contributed by atoms with E-state index < -0.39 is 6.36 Å². The standard InChI is InChI=1S/C17H24F3N3O2.HI/c1-2-24-11-10-16(8-5-9-16)12-22-15(21)23-13-6-3-4-7-14(13)25-17(18,19)20;/h3-4,6-7H,2,5,8-12H2,1H3,(H3,21,22,23);1H. The molecule has 1 aromatic rings.